The molecule has 22 heavy (non-hydrogen) atoms. The van der Waals surface area contributed by atoms with Crippen LogP contribution in [0.15, 0.2) is 53.4 Å². The Morgan fingerprint density at radius 2 is 2.09 bits per heavy atom. The second-order valence-electron chi connectivity index (χ2n) is 4.23. The number of nitrogens with one attached hydrogen (secondary N) is 1. The highest BCUT2D eigenvalue weighted by molar-refractivity contribution is 7.99. The molecule has 112 valence electrons. The van der Waals surface area contributed by atoms with Gasteiger partial charge < -0.3 is 5.32 Å². The van der Waals surface area contributed by atoms with Crippen molar-refractivity contribution in [3.63, 3.8) is 0 Å². The van der Waals surface area contributed by atoms with E-state index >= 15 is 0 Å². The number of thiazole rings is 1. The molecule has 3 aromatic rings. The van der Waals surface area contributed by atoms with E-state index in [1.165, 1.54) is 35.2 Å². The summed E-state index contributed by atoms with van der Waals surface area (Å²) in [4.78, 5) is 20.1. The van der Waals surface area contributed by atoms with Crippen molar-refractivity contribution in [1.82, 2.24) is 14.5 Å². The fraction of sp³-hybridized carbons (Fsp3) is 0.0714. The van der Waals surface area contributed by atoms with Gasteiger partial charge in [0.15, 0.2) is 10.3 Å². The Morgan fingerprint density at radius 1 is 1.27 bits per heavy atom. The number of hydrogen-bond acceptors (Lipinski definition) is 5. The van der Waals surface area contributed by atoms with E-state index < -0.39 is 0 Å². The van der Waals surface area contributed by atoms with Gasteiger partial charge in [0.2, 0.25) is 5.91 Å². The zero-order valence-corrected chi connectivity index (χ0v) is 12.9. The largest absolute Gasteiger partial charge is 0.301 e. The van der Waals surface area contributed by atoms with Crippen LogP contribution in [0.4, 0.5) is 9.52 Å². The maximum Gasteiger partial charge on any atom is 0.236 e. The summed E-state index contributed by atoms with van der Waals surface area (Å²) >= 11 is 2.67. The van der Waals surface area contributed by atoms with Gasteiger partial charge in [-0.25, -0.2) is 14.4 Å². The number of rotatable bonds is 5. The lowest BCUT2D eigenvalue weighted by molar-refractivity contribution is -0.113. The lowest BCUT2D eigenvalue weighted by Crippen LogP contribution is -2.14. The van der Waals surface area contributed by atoms with Crippen LogP contribution in [-0.2, 0) is 4.79 Å². The highest BCUT2D eigenvalue weighted by Crippen LogP contribution is 2.21. The smallest absolute Gasteiger partial charge is 0.236 e. The Hall–Kier alpha value is -2.19. The molecule has 2 aromatic heterocycles. The number of thioether (sulfide) groups is 1. The van der Waals surface area contributed by atoms with E-state index in [0.717, 1.165) is 5.69 Å². The van der Waals surface area contributed by atoms with Crippen LogP contribution < -0.4 is 5.32 Å². The fourth-order valence-electron chi connectivity index (χ4n) is 1.77. The summed E-state index contributed by atoms with van der Waals surface area (Å²) in [5.74, 6) is -0.216. The van der Waals surface area contributed by atoms with Crippen LogP contribution in [0.2, 0.25) is 0 Å². The van der Waals surface area contributed by atoms with E-state index in [9.17, 15) is 9.18 Å². The molecular formula is C14H11FN4OS2. The number of benzene rings is 1. The van der Waals surface area contributed by atoms with Crippen LogP contribution in [0.25, 0.3) is 5.69 Å². The number of imidazole rings is 1. The Balaban J connectivity index is 1.65. The summed E-state index contributed by atoms with van der Waals surface area (Å²) in [5, 5.41) is 5.75. The fourth-order valence-corrected chi connectivity index (χ4v) is 3.08. The molecule has 3 rings (SSSR count). The highest BCUT2D eigenvalue weighted by Gasteiger charge is 2.10. The topological polar surface area (TPSA) is 59.8 Å². The third kappa shape index (κ3) is 3.52. The van der Waals surface area contributed by atoms with Gasteiger partial charge in [-0.1, -0.05) is 11.8 Å². The van der Waals surface area contributed by atoms with Crippen molar-refractivity contribution in [2.45, 2.75) is 5.16 Å². The minimum atomic E-state index is -0.291. The van der Waals surface area contributed by atoms with Gasteiger partial charge in [0, 0.05) is 29.7 Å². The quantitative estimate of drug-likeness (QED) is 0.728. The Morgan fingerprint density at radius 3 is 2.82 bits per heavy atom. The van der Waals surface area contributed by atoms with Crippen molar-refractivity contribution in [3.05, 3.63) is 54.1 Å². The predicted octanol–water partition coefficient (Wildman–Crippen LogP) is 3.20. The van der Waals surface area contributed by atoms with E-state index in [2.05, 4.69) is 15.3 Å². The van der Waals surface area contributed by atoms with Crippen molar-refractivity contribution in [2.75, 3.05) is 11.1 Å². The Bertz CT molecular complexity index is 756. The monoisotopic (exact) mass is 334 g/mol. The van der Waals surface area contributed by atoms with Crippen LogP contribution in [-0.4, -0.2) is 26.2 Å². The molecule has 8 heteroatoms. The van der Waals surface area contributed by atoms with Gasteiger partial charge >= 0.3 is 0 Å². The molecule has 1 aromatic carbocycles. The second-order valence-corrected chi connectivity index (χ2v) is 6.07. The minimum absolute atomic E-state index is 0.145. The normalized spacial score (nSPS) is 10.6. The molecule has 1 N–H and O–H groups in total. The Labute approximate surface area is 134 Å². The van der Waals surface area contributed by atoms with Gasteiger partial charge in [0.25, 0.3) is 0 Å². The first-order valence-electron chi connectivity index (χ1n) is 6.34. The molecule has 0 radical (unpaired) electrons. The van der Waals surface area contributed by atoms with Crippen molar-refractivity contribution < 1.29 is 9.18 Å². The summed E-state index contributed by atoms with van der Waals surface area (Å²) in [6.45, 7) is 0. The molecule has 0 bridgehead atoms. The molecular weight excluding hydrogens is 323 g/mol. The van der Waals surface area contributed by atoms with Gasteiger partial charge in [0.1, 0.15) is 5.82 Å². The number of carbonyl (C=O) groups excluding carboxylic acids is 1. The summed E-state index contributed by atoms with van der Waals surface area (Å²) in [5.41, 5.74) is 0.793. The predicted molar refractivity (Wildman–Crippen MR) is 85.0 cm³/mol. The molecule has 5 nitrogen and oxygen atoms in total. The molecule has 0 aliphatic rings. The van der Waals surface area contributed by atoms with Gasteiger partial charge in [-0.3, -0.25) is 9.36 Å². The highest BCUT2D eigenvalue weighted by atomic mass is 32.2. The van der Waals surface area contributed by atoms with Crippen molar-refractivity contribution in [2.24, 2.45) is 0 Å². The zero-order valence-electron chi connectivity index (χ0n) is 11.3. The van der Waals surface area contributed by atoms with E-state index in [1.807, 2.05) is 0 Å². The molecule has 0 saturated carbocycles. The zero-order chi connectivity index (χ0) is 15.4. The van der Waals surface area contributed by atoms with E-state index in [4.69, 9.17) is 0 Å². The van der Waals surface area contributed by atoms with Crippen molar-refractivity contribution in [3.8, 4) is 5.69 Å². The molecule has 0 aliphatic carbocycles. The van der Waals surface area contributed by atoms with Gasteiger partial charge in [-0.15, -0.1) is 11.3 Å². The lowest BCUT2D eigenvalue weighted by Gasteiger charge is -2.07. The summed E-state index contributed by atoms with van der Waals surface area (Å²) < 4.78 is 14.8. The van der Waals surface area contributed by atoms with Crippen LogP contribution in [0, 0.1) is 5.82 Å². The average Bonchev–Trinajstić information content (AvgIpc) is 3.17. The number of amides is 1. The van der Waals surface area contributed by atoms with Crippen molar-refractivity contribution in [1.29, 1.82) is 0 Å². The van der Waals surface area contributed by atoms with Crippen LogP contribution >= 0.6 is 23.1 Å². The van der Waals surface area contributed by atoms with Crippen LogP contribution in [0.5, 0.6) is 0 Å². The van der Waals surface area contributed by atoms with Crippen LogP contribution in [0.3, 0.4) is 0 Å². The van der Waals surface area contributed by atoms with Crippen LogP contribution in [0.1, 0.15) is 0 Å². The van der Waals surface area contributed by atoms with Gasteiger partial charge in [-0.2, -0.15) is 0 Å². The van der Waals surface area contributed by atoms with Gasteiger partial charge in [0.05, 0.1) is 5.75 Å². The molecule has 0 atom stereocenters. The molecule has 0 spiro atoms. The number of nitrogens with zero attached hydrogens (tertiary/aromatic N) is 3. The van der Waals surface area contributed by atoms with Gasteiger partial charge in [-0.05, 0) is 24.3 Å². The minimum Gasteiger partial charge on any atom is -0.301 e. The first-order chi connectivity index (χ1) is 10.7. The summed E-state index contributed by atoms with van der Waals surface area (Å²) in [6.07, 6.45) is 5.05. The summed E-state index contributed by atoms with van der Waals surface area (Å²) in [6, 6.07) is 6.10. The van der Waals surface area contributed by atoms with E-state index in [1.54, 1.807) is 40.7 Å². The summed E-state index contributed by atoms with van der Waals surface area (Å²) in [7, 11) is 0. The number of carbonyl (C=O) groups is 1. The second kappa shape index (κ2) is 6.71. The SMILES string of the molecule is O=C(CSc1nccn1-c1ccc(F)cc1)Nc1nccs1. The third-order valence-electron chi connectivity index (χ3n) is 2.72. The first kappa shape index (κ1) is 14.7. The third-order valence-corrected chi connectivity index (χ3v) is 4.38. The molecule has 0 saturated heterocycles. The maximum atomic E-state index is 13.0. The molecule has 1 amide bonds. The number of anilines is 1. The molecule has 0 fully saturated rings. The standard InChI is InChI=1S/C14H11FN4OS2/c15-10-1-3-11(4-2-10)19-7-5-17-14(19)22-9-12(20)18-13-16-6-8-21-13/h1-8H,9H2,(H,16,18,20). The molecule has 2 heterocycles. The molecule has 0 unspecified atom stereocenters. The van der Waals surface area contributed by atoms with E-state index in [-0.39, 0.29) is 17.5 Å². The maximum absolute atomic E-state index is 13.0. The van der Waals surface area contributed by atoms with Crippen molar-refractivity contribution >= 4 is 34.1 Å². The number of halogens is 1. The Kier molecular flexibility index (Phi) is 4.50. The molecule has 0 aliphatic heterocycles. The lowest BCUT2D eigenvalue weighted by atomic mass is 10.3. The first-order valence-corrected chi connectivity index (χ1v) is 8.20. The number of aromatic nitrogens is 3. The average molecular weight is 334 g/mol. The van der Waals surface area contributed by atoms with E-state index in [0.29, 0.717) is 10.3 Å². The number of hydrogen-bond donors (Lipinski definition) is 1.